The van der Waals surface area contributed by atoms with Crippen molar-refractivity contribution in [2.75, 3.05) is 41.4 Å². The molecule has 1 saturated heterocycles. The van der Waals surface area contributed by atoms with Crippen LogP contribution in [0.2, 0.25) is 0 Å². The highest BCUT2D eigenvalue weighted by atomic mass is 16.5. The fourth-order valence-corrected chi connectivity index (χ4v) is 3.95. The monoisotopic (exact) mass is 306 g/mol. The topological polar surface area (TPSA) is 59.1 Å². The number of allylic oxidation sites excluding steroid dienone is 2. The highest BCUT2D eigenvalue weighted by molar-refractivity contribution is 6.25. The van der Waals surface area contributed by atoms with E-state index in [1.54, 1.807) is 14.0 Å². The number of carbonyl (C=O) groups excluding carboxylic acids is 2. The lowest BCUT2D eigenvalue weighted by atomic mass is 9.75. The Morgan fingerprint density at radius 2 is 1.73 bits per heavy atom. The number of ether oxygens (including phenoxy) is 2. The molecular formula is C16H22N2O4. The van der Waals surface area contributed by atoms with E-state index in [-0.39, 0.29) is 35.5 Å². The van der Waals surface area contributed by atoms with Gasteiger partial charge >= 0.3 is 0 Å². The maximum Gasteiger partial charge on any atom is 0.226 e. The van der Waals surface area contributed by atoms with Gasteiger partial charge in [0.2, 0.25) is 5.78 Å². The predicted molar refractivity (Wildman–Crippen MR) is 80.4 cm³/mol. The van der Waals surface area contributed by atoms with Gasteiger partial charge in [-0.3, -0.25) is 14.5 Å². The third-order valence-electron chi connectivity index (χ3n) is 5.09. The Kier molecular flexibility index (Phi) is 3.71. The van der Waals surface area contributed by atoms with Crippen LogP contribution in [0.1, 0.15) is 6.92 Å². The molecule has 2 bridgehead atoms. The van der Waals surface area contributed by atoms with Crippen molar-refractivity contribution < 1.29 is 19.1 Å². The molecule has 0 aromatic heterocycles. The van der Waals surface area contributed by atoms with Gasteiger partial charge in [-0.05, 0) is 21.0 Å². The number of nitrogens with zero attached hydrogens (tertiary/aromatic N) is 2. The van der Waals surface area contributed by atoms with Gasteiger partial charge in [-0.15, -0.1) is 0 Å². The molecule has 0 radical (unpaired) electrons. The lowest BCUT2D eigenvalue weighted by Gasteiger charge is -2.52. The molecule has 0 spiro atoms. The Bertz CT molecular complexity index is 607. The Morgan fingerprint density at radius 3 is 2.32 bits per heavy atom. The zero-order chi connectivity index (χ0) is 16.2. The van der Waals surface area contributed by atoms with Gasteiger partial charge in [-0.2, -0.15) is 0 Å². The number of methoxy groups -OCH3 is 2. The number of Topliss-reactive ketones (excluding diaryl/α,β-unsaturated/α-hetero) is 2. The van der Waals surface area contributed by atoms with Gasteiger partial charge in [0.25, 0.3) is 0 Å². The fraction of sp³-hybridized carbons (Fsp3) is 0.625. The molecular weight excluding hydrogens is 284 g/mol. The molecule has 3 rings (SSSR count). The zero-order valence-corrected chi connectivity index (χ0v) is 13.7. The van der Waals surface area contributed by atoms with E-state index in [2.05, 4.69) is 9.80 Å². The summed E-state index contributed by atoms with van der Waals surface area (Å²) < 4.78 is 10.8. The molecule has 1 aliphatic carbocycles. The lowest BCUT2D eigenvalue weighted by Crippen LogP contribution is -2.66. The van der Waals surface area contributed by atoms with E-state index >= 15 is 0 Å². The zero-order valence-electron chi connectivity index (χ0n) is 13.7. The molecule has 22 heavy (non-hydrogen) atoms. The van der Waals surface area contributed by atoms with Crippen molar-refractivity contribution >= 4 is 11.6 Å². The standard InChI is InChI=1S/C16H22N2O4/c1-8-13(19)12-11(14(20)15(8)21-4)9-6-17(2)7-10(18(9)3)16(12)22-5/h9-10,16H,6-7H2,1-5H3/t9-,10+,16+/m0/s1. The summed E-state index contributed by atoms with van der Waals surface area (Å²) >= 11 is 0. The van der Waals surface area contributed by atoms with E-state index in [0.29, 0.717) is 16.7 Å². The normalized spacial score (nSPS) is 33.4. The van der Waals surface area contributed by atoms with Gasteiger partial charge in [0.15, 0.2) is 11.5 Å². The van der Waals surface area contributed by atoms with Gasteiger partial charge < -0.3 is 14.4 Å². The van der Waals surface area contributed by atoms with Crippen LogP contribution in [0.3, 0.4) is 0 Å². The first-order valence-electron chi connectivity index (χ1n) is 7.44. The summed E-state index contributed by atoms with van der Waals surface area (Å²) in [6.07, 6.45) is -0.385. The molecule has 0 unspecified atom stereocenters. The van der Waals surface area contributed by atoms with E-state index in [0.717, 1.165) is 13.1 Å². The molecule has 3 atom stereocenters. The lowest BCUT2D eigenvalue weighted by molar-refractivity contribution is -0.123. The number of piperazine rings is 1. The van der Waals surface area contributed by atoms with E-state index in [1.165, 1.54) is 7.11 Å². The first-order valence-corrected chi connectivity index (χ1v) is 7.44. The molecule has 3 aliphatic rings. The van der Waals surface area contributed by atoms with Crippen molar-refractivity contribution in [3.8, 4) is 0 Å². The van der Waals surface area contributed by atoms with Crippen LogP contribution in [0.25, 0.3) is 0 Å². The smallest absolute Gasteiger partial charge is 0.226 e. The minimum atomic E-state index is -0.385. The molecule has 0 amide bonds. The molecule has 2 heterocycles. The van der Waals surface area contributed by atoms with Crippen molar-refractivity contribution in [2.24, 2.45) is 0 Å². The summed E-state index contributed by atoms with van der Waals surface area (Å²) in [6.45, 7) is 3.18. The van der Waals surface area contributed by atoms with Crippen LogP contribution >= 0.6 is 0 Å². The van der Waals surface area contributed by atoms with Crippen LogP contribution in [-0.2, 0) is 19.1 Å². The molecule has 0 aromatic carbocycles. The number of ketones is 2. The molecule has 1 fully saturated rings. The van der Waals surface area contributed by atoms with Gasteiger partial charge in [0.05, 0.1) is 19.2 Å². The quantitative estimate of drug-likeness (QED) is 0.669. The Labute approximate surface area is 130 Å². The summed E-state index contributed by atoms with van der Waals surface area (Å²) in [7, 11) is 7.05. The maximum absolute atomic E-state index is 12.9. The van der Waals surface area contributed by atoms with Crippen LogP contribution in [0.5, 0.6) is 0 Å². The summed E-state index contributed by atoms with van der Waals surface area (Å²) in [4.78, 5) is 30.0. The number of fused-ring (bicyclic) bond motifs is 3. The second-order valence-corrected chi connectivity index (χ2v) is 6.27. The van der Waals surface area contributed by atoms with Crippen molar-refractivity contribution in [1.29, 1.82) is 0 Å². The highest BCUT2D eigenvalue weighted by Crippen LogP contribution is 2.39. The Balaban J connectivity index is 2.19. The number of hydrogen-bond acceptors (Lipinski definition) is 6. The minimum absolute atomic E-state index is 0.0705. The van der Waals surface area contributed by atoms with Crippen molar-refractivity contribution in [2.45, 2.75) is 25.1 Å². The Hall–Kier alpha value is -1.50. The number of likely N-dealkylation sites (N-methyl/N-ethyl adjacent to an activating group) is 2. The van der Waals surface area contributed by atoms with Crippen LogP contribution in [-0.4, -0.2) is 81.0 Å². The van der Waals surface area contributed by atoms with E-state index in [1.807, 2.05) is 14.1 Å². The van der Waals surface area contributed by atoms with E-state index in [9.17, 15) is 9.59 Å². The molecule has 120 valence electrons. The van der Waals surface area contributed by atoms with Crippen LogP contribution in [0.4, 0.5) is 0 Å². The van der Waals surface area contributed by atoms with Crippen molar-refractivity contribution in [3.63, 3.8) is 0 Å². The number of rotatable bonds is 2. The summed E-state index contributed by atoms with van der Waals surface area (Å²) in [5.74, 6) is -0.133. The van der Waals surface area contributed by atoms with Crippen LogP contribution in [0, 0.1) is 0 Å². The minimum Gasteiger partial charge on any atom is -0.492 e. The third-order valence-corrected chi connectivity index (χ3v) is 5.09. The molecule has 2 aliphatic heterocycles. The third kappa shape index (κ3) is 1.91. The Morgan fingerprint density at radius 1 is 1.05 bits per heavy atom. The average molecular weight is 306 g/mol. The summed E-state index contributed by atoms with van der Waals surface area (Å²) in [5.41, 5.74) is 1.46. The molecule has 0 saturated carbocycles. The van der Waals surface area contributed by atoms with Crippen molar-refractivity contribution in [1.82, 2.24) is 9.80 Å². The van der Waals surface area contributed by atoms with E-state index in [4.69, 9.17) is 9.47 Å². The summed E-state index contributed by atoms with van der Waals surface area (Å²) in [5, 5.41) is 0. The van der Waals surface area contributed by atoms with E-state index < -0.39 is 0 Å². The second kappa shape index (κ2) is 5.30. The van der Waals surface area contributed by atoms with Crippen molar-refractivity contribution in [3.05, 3.63) is 22.5 Å². The SMILES string of the molecule is COC1=C(C)C(=O)C2=C(C1=O)[C@@H]1CN(C)C[C@H]([C@H]2OC)N1C. The first-order chi connectivity index (χ1) is 10.4. The predicted octanol–water partition coefficient (Wildman–Crippen LogP) is -0.00180. The second-order valence-electron chi connectivity index (χ2n) is 6.27. The fourth-order valence-electron chi connectivity index (χ4n) is 3.95. The molecule has 0 N–H and O–H groups in total. The van der Waals surface area contributed by atoms with Gasteiger partial charge in [0.1, 0.15) is 6.10 Å². The number of carbonyl (C=O) groups is 2. The number of hydrogen-bond donors (Lipinski definition) is 0. The maximum atomic E-state index is 12.9. The van der Waals surface area contributed by atoms with Gasteiger partial charge in [0, 0.05) is 36.9 Å². The molecule has 6 nitrogen and oxygen atoms in total. The van der Waals surface area contributed by atoms with Crippen LogP contribution in [0.15, 0.2) is 22.5 Å². The van der Waals surface area contributed by atoms with Crippen LogP contribution < -0.4 is 0 Å². The largest absolute Gasteiger partial charge is 0.492 e. The molecule has 6 heteroatoms. The molecule has 0 aromatic rings. The van der Waals surface area contributed by atoms with Gasteiger partial charge in [-0.1, -0.05) is 0 Å². The van der Waals surface area contributed by atoms with Gasteiger partial charge in [-0.25, -0.2) is 0 Å². The first kappa shape index (κ1) is 15.4. The summed E-state index contributed by atoms with van der Waals surface area (Å²) in [6, 6.07) is -0.0269. The highest BCUT2D eigenvalue weighted by Gasteiger charge is 2.51. The average Bonchev–Trinajstić information content (AvgIpc) is 2.47.